The molecular formula is C29H34N6O5. The lowest BCUT2D eigenvalue weighted by Gasteiger charge is -2.40. The molecule has 0 spiro atoms. The summed E-state index contributed by atoms with van der Waals surface area (Å²) in [4.78, 5) is 19.3. The quantitative estimate of drug-likeness (QED) is 0.256. The van der Waals surface area contributed by atoms with Crippen LogP contribution in [-0.2, 0) is 22.6 Å². The Morgan fingerprint density at radius 1 is 1.15 bits per heavy atom. The fourth-order valence-electron chi connectivity index (χ4n) is 5.07. The normalized spacial score (nSPS) is 18.3. The smallest absolute Gasteiger partial charge is 0.407 e. The fraction of sp³-hybridized carbons (Fsp3) is 0.345. The number of carbonyl (C=O) groups excluding carboxylic acids is 1. The first-order valence-corrected chi connectivity index (χ1v) is 13.2. The summed E-state index contributed by atoms with van der Waals surface area (Å²) in [5, 5.41) is 21.3. The van der Waals surface area contributed by atoms with Crippen LogP contribution in [0, 0.1) is 5.92 Å². The van der Waals surface area contributed by atoms with E-state index in [1.165, 1.54) is 13.4 Å². The molecular weight excluding hydrogens is 512 g/mol. The summed E-state index contributed by atoms with van der Waals surface area (Å²) in [6.45, 7) is 2.01. The average Bonchev–Trinajstić information content (AvgIpc) is 3.40. The third-order valence-electron chi connectivity index (χ3n) is 7.13. The van der Waals surface area contributed by atoms with E-state index in [1.54, 1.807) is 11.6 Å². The molecule has 11 nitrogen and oxygen atoms in total. The van der Waals surface area contributed by atoms with Crippen LogP contribution in [0.2, 0.25) is 0 Å². The third-order valence-corrected chi connectivity index (χ3v) is 7.13. The van der Waals surface area contributed by atoms with Gasteiger partial charge in [0.05, 0.1) is 7.11 Å². The van der Waals surface area contributed by atoms with Gasteiger partial charge in [0.15, 0.2) is 12.1 Å². The minimum atomic E-state index is -1.04. The monoisotopic (exact) mass is 546 g/mol. The van der Waals surface area contributed by atoms with Crippen molar-refractivity contribution in [1.82, 2.24) is 24.8 Å². The van der Waals surface area contributed by atoms with E-state index in [2.05, 4.69) is 25.6 Å². The van der Waals surface area contributed by atoms with Crippen LogP contribution in [0.3, 0.4) is 0 Å². The second kappa shape index (κ2) is 12.8. The van der Waals surface area contributed by atoms with Crippen LogP contribution in [-0.4, -0.2) is 70.3 Å². The highest BCUT2D eigenvalue weighted by atomic mass is 16.6. The maximum atomic E-state index is 12.6. The number of fused-ring (bicyclic) bond motifs is 1. The third kappa shape index (κ3) is 6.50. The summed E-state index contributed by atoms with van der Waals surface area (Å²) >= 11 is 0. The minimum absolute atomic E-state index is 0.180. The number of methoxy groups -OCH3 is 2. The molecule has 1 saturated heterocycles. The van der Waals surface area contributed by atoms with Gasteiger partial charge in [-0.2, -0.15) is 5.10 Å². The summed E-state index contributed by atoms with van der Waals surface area (Å²) in [7, 11) is 3.09. The lowest BCUT2D eigenvalue weighted by molar-refractivity contribution is -0.134. The summed E-state index contributed by atoms with van der Waals surface area (Å²) < 4.78 is 17.8. The van der Waals surface area contributed by atoms with Crippen LogP contribution in [0.25, 0.3) is 5.52 Å². The molecule has 3 heterocycles. The van der Waals surface area contributed by atoms with Crippen LogP contribution in [0.15, 0.2) is 73.2 Å². The topological polar surface area (TPSA) is 122 Å². The van der Waals surface area contributed by atoms with Gasteiger partial charge in [-0.3, -0.25) is 4.90 Å². The van der Waals surface area contributed by atoms with E-state index in [-0.39, 0.29) is 18.6 Å². The summed E-state index contributed by atoms with van der Waals surface area (Å²) in [5.41, 5.74) is 3.65. The Hall–Kier alpha value is -4.19. The van der Waals surface area contributed by atoms with E-state index in [9.17, 15) is 9.90 Å². The molecule has 11 heteroatoms. The molecule has 2 aromatic carbocycles. The standard InChI is InChI=1S/C29H34N6O5/c1-38-23-10-6-9-22(15-23)32-27-26-21(11-14-35(26)31-19-30-27)16-34-13-12-25(24(17-34)28(36)39-2)33-29(37)40-18-20-7-4-3-5-8-20/h3-11,14-15,19,24-25,28,36H,12-13,16-18H2,1-2H3,(H,33,37)(H,30,31,32). The lowest BCUT2D eigenvalue weighted by atomic mass is 9.91. The Morgan fingerprint density at radius 3 is 2.80 bits per heavy atom. The van der Waals surface area contributed by atoms with Gasteiger partial charge in [-0.25, -0.2) is 14.3 Å². The van der Waals surface area contributed by atoms with E-state index >= 15 is 0 Å². The molecule has 210 valence electrons. The fourth-order valence-corrected chi connectivity index (χ4v) is 5.07. The molecule has 0 saturated carbocycles. The SMILES string of the molecule is COc1cccc(Nc2ncnn3ccc(CN4CCC(NC(=O)OCc5ccccc5)C(C(O)OC)C4)c23)c1. The largest absolute Gasteiger partial charge is 0.497 e. The van der Waals surface area contributed by atoms with E-state index in [0.29, 0.717) is 31.9 Å². The van der Waals surface area contributed by atoms with Gasteiger partial charge in [0.1, 0.15) is 24.2 Å². The lowest BCUT2D eigenvalue weighted by Crippen LogP contribution is -2.54. The first-order chi connectivity index (χ1) is 19.5. The van der Waals surface area contributed by atoms with E-state index in [4.69, 9.17) is 14.2 Å². The highest BCUT2D eigenvalue weighted by Crippen LogP contribution is 2.28. The molecule has 5 rings (SSSR count). The van der Waals surface area contributed by atoms with Gasteiger partial charge in [0.25, 0.3) is 0 Å². The maximum Gasteiger partial charge on any atom is 0.407 e. The van der Waals surface area contributed by atoms with Crippen LogP contribution >= 0.6 is 0 Å². The van der Waals surface area contributed by atoms with Gasteiger partial charge in [-0.15, -0.1) is 0 Å². The molecule has 40 heavy (non-hydrogen) atoms. The number of hydrogen-bond donors (Lipinski definition) is 3. The van der Waals surface area contributed by atoms with Crippen LogP contribution < -0.4 is 15.4 Å². The highest BCUT2D eigenvalue weighted by molar-refractivity contribution is 5.76. The van der Waals surface area contributed by atoms with Crippen molar-refractivity contribution >= 4 is 23.1 Å². The van der Waals surface area contributed by atoms with Crippen molar-refractivity contribution < 1.29 is 24.1 Å². The molecule has 2 aromatic heterocycles. The number of carbonyl (C=O) groups is 1. The number of aliphatic hydroxyl groups is 1. The molecule has 1 aliphatic heterocycles. The van der Waals surface area contributed by atoms with Crippen molar-refractivity contribution in [2.75, 3.05) is 32.6 Å². The van der Waals surface area contributed by atoms with Gasteiger partial charge in [-0.1, -0.05) is 36.4 Å². The Kier molecular flexibility index (Phi) is 8.74. The number of anilines is 2. The Morgan fingerprint density at radius 2 is 2.00 bits per heavy atom. The Balaban J connectivity index is 1.27. The molecule has 1 fully saturated rings. The molecule has 4 aromatic rings. The summed E-state index contributed by atoms with van der Waals surface area (Å²) in [6.07, 6.45) is 2.49. The maximum absolute atomic E-state index is 12.6. The number of piperidine rings is 1. The number of hydrogen-bond acceptors (Lipinski definition) is 9. The molecule has 1 aliphatic rings. The average molecular weight is 547 g/mol. The van der Waals surface area contributed by atoms with Crippen molar-refractivity contribution in [3.63, 3.8) is 0 Å². The number of benzene rings is 2. The van der Waals surface area contributed by atoms with E-state index in [1.807, 2.05) is 66.9 Å². The number of likely N-dealkylation sites (tertiary alicyclic amines) is 1. The zero-order valence-corrected chi connectivity index (χ0v) is 22.6. The molecule has 0 bridgehead atoms. The molecule has 0 aliphatic carbocycles. The second-order valence-corrected chi connectivity index (χ2v) is 9.73. The molecule has 3 atom stereocenters. The van der Waals surface area contributed by atoms with E-state index < -0.39 is 12.4 Å². The van der Waals surface area contributed by atoms with Crippen molar-refractivity contribution in [2.45, 2.75) is 31.9 Å². The highest BCUT2D eigenvalue weighted by Gasteiger charge is 2.36. The van der Waals surface area contributed by atoms with Gasteiger partial charge >= 0.3 is 6.09 Å². The first kappa shape index (κ1) is 27.4. The number of alkyl carbamates (subject to hydrolysis) is 1. The van der Waals surface area contributed by atoms with Crippen LogP contribution in [0.1, 0.15) is 17.5 Å². The zero-order valence-electron chi connectivity index (χ0n) is 22.6. The minimum Gasteiger partial charge on any atom is -0.497 e. The summed E-state index contributed by atoms with van der Waals surface area (Å²) in [5.74, 6) is 1.07. The van der Waals surface area contributed by atoms with Crippen molar-refractivity contribution in [3.8, 4) is 5.75 Å². The number of aliphatic hydroxyl groups excluding tert-OH is 1. The molecule has 0 radical (unpaired) electrons. The number of rotatable bonds is 10. The molecule has 3 N–H and O–H groups in total. The predicted molar refractivity (Wildman–Crippen MR) is 149 cm³/mol. The first-order valence-electron chi connectivity index (χ1n) is 13.2. The molecule has 1 amide bonds. The van der Waals surface area contributed by atoms with Crippen LogP contribution in [0.4, 0.5) is 16.3 Å². The molecule has 3 unspecified atom stereocenters. The van der Waals surface area contributed by atoms with Gasteiger partial charge in [-0.05, 0) is 35.7 Å². The number of aromatic nitrogens is 3. The van der Waals surface area contributed by atoms with Gasteiger partial charge in [0.2, 0.25) is 0 Å². The number of amides is 1. The zero-order chi connectivity index (χ0) is 27.9. The Labute approximate surface area is 232 Å². The van der Waals surface area contributed by atoms with Crippen molar-refractivity contribution in [3.05, 3.63) is 84.3 Å². The van der Waals surface area contributed by atoms with Crippen LogP contribution in [0.5, 0.6) is 5.75 Å². The number of nitrogens with one attached hydrogen (secondary N) is 2. The number of nitrogens with zero attached hydrogens (tertiary/aromatic N) is 4. The van der Waals surface area contributed by atoms with Gasteiger partial charge < -0.3 is 30.0 Å². The summed E-state index contributed by atoms with van der Waals surface area (Å²) in [6, 6.07) is 18.9. The second-order valence-electron chi connectivity index (χ2n) is 9.73. The van der Waals surface area contributed by atoms with Crippen molar-refractivity contribution in [1.29, 1.82) is 0 Å². The number of ether oxygens (including phenoxy) is 3. The van der Waals surface area contributed by atoms with E-state index in [0.717, 1.165) is 28.1 Å². The van der Waals surface area contributed by atoms with Gasteiger partial charge in [0, 0.05) is 56.7 Å². The van der Waals surface area contributed by atoms with Crippen molar-refractivity contribution in [2.24, 2.45) is 5.92 Å². The predicted octanol–water partition coefficient (Wildman–Crippen LogP) is 3.56. The Bertz CT molecular complexity index is 1410.